The van der Waals surface area contributed by atoms with Gasteiger partial charge in [0.05, 0.1) is 7.11 Å². The Labute approximate surface area is 152 Å². The van der Waals surface area contributed by atoms with Gasteiger partial charge in [0.15, 0.2) is 0 Å². The van der Waals surface area contributed by atoms with Gasteiger partial charge < -0.3 is 14.2 Å². The van der Waals surface area contributed by atoms with Crippen molar-refractivity contribution in [2.24, 2.45) is 0 Å². The number of methoxy groups -OCH3 is 1. The van der Waals surface area contributed by atoms with Crippen LogP contribution in [0.15, 0.2) is 47.0 Å². The molecule has 0 unspecified atom stereocenters. The number of carbonyl (C=O) groups is 1. The van der Waals surface area contributed by atoms with Crippen LogP contribution in [0.5, 0.6) is 5.75 Å². The number of nitrogens with zero attached hydrogens (tertiary/aromatic N) is 3. The number of carbonyl (C=O) groups excluding carboxylic acids is 1. The van der Waals surface area contributed by atoms with Crippen LogP contribution in [0.4, 0.5) is 5.69 Å². The molecule has 0 bridgehead atoms. The summed E-state index contributed by atoms with van der Waals surface area (Å²) in [5, 5.41) is 3.96. The summed E-state index contributed by atoms with van der Waals surface area (Å²) in [7, 11) is 3.35. The Kier molecular flexibility index (Phi) is 5.02. The van der Waals surface area contributed by atoms with Crippen molar-refractivity contribution in [2.75, 3.05) is 19.1 Å². The van der Waals surface area contributed by atoms with Crippen LogP contribution in [0.3, 0.4) is 0 Å². The Morgan fingerprint density at radius 2 is 1.85 bits per heavy atom. The number of hydrogen-bond acceptors (Lipinski definition) is 5. The van der Waals surface area contributed by atoms with E-state index in [1.807, 2.05) is 56.3 Å². The molecule has 3 rings (SSSR count). The topological polar surface area (TPSA) is 68.5 Å². The molecule has 2 aromatic carbocycles. The normalized spacial score (nSPS) is 10.6. The Bertz CT molecular complexity index is 916. The maximum Gasteiger partial charge on any atom is 0.236 e. The number of aromatic nitrogens is 2. The zero-order chi connectivity index (χ0) is 18.7. The number of ether oxygens (including phenoxy) is 1. The highest BCUT2D eigenvalue weighted by atomic mass is 16.5. The van der Waals surface area contributed by atoms with Crippen LogP contribution in [0.2, 0.25) is 0 Å². The Balaban J connectivity index is 1.71. The van der Waals surface area contributed by atoms with Crippen molar-refractivity contribution >= 4 is 11.6 Å². The number of aryl methyl sites for hydroxylation is 2. The van der Waals surface area contributed by atoms with E-state index in [0.717, 1.165) is 22.6 Å². The van der Waals surface area contributed by atoms with E-state index in [-0.39, 0.29) is 18.2 Å². The summed E-state index contributed by atoms with van der Waals surface area (Å²) in [5.74, 6) is 1.38. The SMILES string of the molecule is COc1ccc(-c2noc(CC(=O)N(C)c3ccc(C)c(C)c3)n2)cc1. The van der Waals surface area contributed by atoms with E-state index in [4.69, 9.17) is 9.26 Å². The third-order valence-corrected chi connectivity index (χ3v) is 4.37. The molecule has 0 aliphatic carbocycles. The number of hydrogen-bond donors (Lipinski definition) is 0. The maximum absolute atomic E-state index is 12.5. The van der Waals surface area contributed by atoms with Crippen molar-refractivity contribution in [3.8, 4) is 17.1 Å². The Hall–Kier alpha value is -3.15. The number of amides is 1. The minimum Gasteiger partial charge on any atom is -0.497 e. The van der Waals surface area contributed by atoms with Gasteiger partial charge in [-0.25, -0.2) is 0 Å². The lowest BCUT2D eigenvalue weighted by atomic mass is 10.1. The monoisotopic (exact) mass is 351 g/mol. The summed E-state index contributed by atoms with van der Waals surface area (Å²) >= 11 is 0. The zero-order valence-corrected chi connectivity index (χ0v) is 15.3. The van der Waals surface area contributed by atoms with Crippen molar-refractivity contribution in [3.63, 3.8) is 0 Å². The van der Waals surface area contributed by atoms with E-state index < -0.39 is 0 Å². The minimum atomic E-state index is -0.113. The van der Waals surface area contributed by atoms with Crippen LogP contribution >= 0.6 is 0 Å². The van der Waals surface area contributed by atoms with Gasteiger partial charge in [-0.3, -0.25) is 4.79 Å². The molecule has 0 spiro atoms. The van der Waals surface area contributed by atoms with Crippen LogP contribution in [-0.4, -0.2) is 30.2 Å². The first-order valence-corrected chi connectivity index (χ1v) is 8.28. The largest absolute Gasteiger partial charge is 0.497 e. The molecule has 6 nitrogen and oxygen atoms in total. The minimum absolute atomic E-state index is 0.0482. The molecule has 0 atom stereocenters. The van der Waals surface area contributed by atoms with Crippen molar-refractivity contribution in [3.05, 3.63) is 59.5 Å². The second-order valence-corrected chi connectivity index (χ2v) is 6.14. The molecule has 1 amide bonds. The predicted octanol–water partition coefficient (Wildman–Crippen LogP) is 3.57. The second-order valence-electron chi connectivity index (χ2n) is 6.14. The first-order valence-electron chi connectivity index (χ1n) is 8.28. The molecular formula is C20H21N3O3. The molecule has 134 valence electrons. The van der Waals surface area contributed by atoms with Gasteiger partial charge in [-0.2, -0.15) is 4.98 Å². The quantitative estimate of drug-likeness (QED) is 0.703. The fraction of sp³-hybridized carbons (Fsp3) is 0.250. The highest BCUT2D eigenvalue weighted by Gasteiger charge is 2.17. The van der Waals surface area contributed by atoms with E-state index in [9.17, 15) is 4.79 Å². The lowest BCUT2D eigenvalue weighted by Gasteiger charge is -2.17. The summed E-state index contributed by atoms with van der Waals surface area (Å²) < 4.78 is 10.4. The molecule has 0 fully saturated rings. The first-order chi connectivity index (χ1) is 12.5. The van der Waals surface area contributed by atoms with Crippen LogP contribution in [0.1, 0.15) is 17.0 Å². The van der Waals surface area contributed by atoms with Crippen LogP contribution < -0.4 is 9.64 Å². The van der Waals surface area contributed by atoms with Crippen molar-refractivity contribution < 1.29 is 14.1 Å². The summed E-state index contributed by atoms with van der Waals surface area (Å²) in [4.78, 5) is 18.4. The fourth-order valence-electron chi connectivity index (χ4n) is 2.51. The summed E-state index contributed by atoms with van der Waals surface area (Å²) in [6.07, 6.45) is 0.0482. The standard InChI is InChI=1S/C20H21N3O3/c1-13-5-8-16(11-14(13)2)23(3)19(24)12-18-21-20(22-26-18)15-6-9-17(25-4)10-7-15/h5-11H,12H2,1-4H3. The van der Waals surface area contributed by atoms with Crippen LogP contribution in [0.25, 0.3) is 11.4 Å². The van der Waals surface area contributed by atoms with Gasteiger partial charge in [0, 0.05) is 18.3 Å². The van der Waals surface area contributed by atoms with Crippen molar-refractivity contribution in [2.45, 2.75) is 20.3 Å². The van der Waals surface area contributed by atoms with E-state index in [1.165, 1.54) is 5.56 Å². The molecule has 0 N–H and O–H groups in total. The molecule has 26 heavy (non-hydrogen) atoms. The van der Waals surface area contributed by atoms with Crippen molar-refractivity contribution in [1.82, 2.24) is 10.1 Å². The molecule has 0 saturated carbocycles. The number of benzene rings is 2. The van der Waals surface area contributed by atoms with Gasteiger partial charge in [-0.05, 0) is 61.4 Å². The Morgan fingerprint density at radius 1 is 1.12 bits per heavy atom. The predicted molar refractivity (Wildman–Crippen MR) is 99.3 cm³/mol. The Morgan fingerprint density at radius 3 is 2.50 bits per heavy atom. The average molecular weight is 351 g/mol. The maximum atomic E-state index is 12.5. The fourth-order valence-corrected chi connectivity index (χ4v) is 2.51. The summed E-state index contributed by atoms with van der Waals surface area (Å²) in [6.45, 7) is 4.07. The highest BCUT2D eigenvalue weighted by molar-refractivity contribution is 5.93. The van der Waals surface area contributed by atoms with Gasteiger partial charge in [-0.1, -0.05) is 11.2 Å². The van der Waals surface area contributed by atoms with Gasteiger partial charge in [0.25, 0.3) is 0 Å². The molecule has 1 aromatic heterocycles. The number of rotatable bonds is 5. The summed E-state index contributed by atoms with van der Waals surface area (Å²) in [6, 6.07) is 13.3. The second kappa shape index (κ2) is 7.39. The van der Waals surface area contributed by atoms with Crippen LogP contribution in [0, 0.1) is 13.8 Å². The van der Waals surface area contributed by atoms with E-state index in [2.05, 4.69) is 10.1 Å². The molecule has 0 aliphatic rings. The van der Waals surface area contributed by atoms with Gasteiger partial charge in [0.2, 0.25) is 17.6 Å². The van der Waals surface area contributed by atoms with E-state index in [1.54, 1.807) is 19.1 Å². The molecule has 0 aliphatic heterocycles. The van der Waals surface area contributed by atoms with Crippen LogP contribution in [-0.2, 0) is 11.2 Å². The third-order valence-electron chi connectivity index (χ3n) is 4.37. The number of likely N-dealkylation sites (N-methyl/N-ethyl adjacent to an activating group) is 1. The van der Waals surface area contributed by atoms with Gasteiger partial charge >= 0.3 is 0 Å². The number of anilines is 1. The molecule has 0 radical (unpaired) electrons. The lowest BCUT2D eigenvalue weighted by Crippen LogP contribution is -2.28. The highest BCUT2D eigenvalue weighted by Crippen LogP contribution is 2.21. The summed E-state index contributed by atoms with van der Waals surface area (Å²) in [5.41, 5.74) is 3.97. The van der Waals surface area contributed by atoms with Gasteiger partial charge in [-0.15, -0.1) is 0 Å². The molecule has 0 saturated heterocycles. The zero-order valence-electron chi connectivity index (χ0n) is 15.3. The van der Waals surface area contributed by atoms with Gasteiger partial charge in [0.1, 0.15) is 12.2 Å². The van der Waals surface area contributed by atoms with Crippen molar-refractivity contribution in [1.29, 1.82) is 0 Å². The van der Waals surface area contributed by atoms with E-state index in [0.29, 0.717) is 5.82 Å². The molecular weight excluding hydrogens is 330 g/mol. The first kappa shape index (κ1) is 17.7. The average Bonchev–Trinajstić information content (AvgIpc) is 3.12. The lowest BCUT2D eigenvalue weighted by molar-refractivity contribution is -0.118. The smallest absolute Gasteiger partial charge is 0.236 e. The molecule has 3 aromatic rings. The molecule has 1 heterocycles. The van der Waals surface area contributed by atoms with E-state index >= 15 is 0 Å². The molecule has 6 heteroatoms. The third kappa shape index (κ3) is 3.74.